The number of likely N-dealkylation sites (N-methyl/N-ethyl adjacent to an activating group) is 1. The lowest BCUT2D eigenvalue weighted by Crippen LogP contribution is -2.24. The Labute approximate surface area is 209 Å². The van der Waals surface area contributed by atoms with Crippen molar-refractivity contribution in [2.45, 2.75) is 90.1 Å². The molecular weight excluding hydrogens is 446 g/mol. The largest absolute Gasteiger partial charge is 0.481 e. The summed E-state index contributed by atoms with van der Waals surface area (Å²) in [6.45, 7) is 1.98. The van der Waals surface area contributed by atoms with Crippen LogP contribution in [0.25, 0.3) is 0 Å². The van der Waals surface area contributed by atoms with Crippen molar-refractivity contribution in [3.05, 3.63) is 36.5 Å². The molecule has 4 aliphatic rings. The minimum absolute atomic E-state index is 0.0289. The van der Waals surface area contributed by atoms with Gasteiger partial charge in [0.25, 0.3) is 11.8 Å². The third-order valence-corrected chi connectivity index (χ3v) is 7.08. The van der Waals surface area contributed by atoms with Crippen LogP contribution >= 0.6 is 0 Å². The summed E-state index contributed by atoms with van der Waals surface area (Å²) < 4.78 is 5.33. The summed E-state index contributed by atoms with van der Waals surface area (Å²) in [4.78, 5) is 43.8. The molecular formula is C28H41NO6. The standard InChI is InChI=1S/C16H24O2.C7H12O2.C5H5NO2/c1-13-7-3-2-4-8-14-9-5-10-15(14)11-6-12-16(17)18-13;8-7(9)6-4-2-1-3-5-6;1-6-4(7)2-3-5(6)8/h4,6,8,12-15H,2-3,5,7,9-11H2,1H3;6H,1-5H2,(H,8,9);2-3H,1H3/b8-4+,12-6+;;. The number of fused-ring (bicyclic) bond motifs is 1. The second-order valence-electron chi connectivity index (χ2n) is 9.84. The number of aliphatic carboxylic acids is 1. The molecule has 4 rings (SSSR count). The van der Waals surface area contributed by atoms with Crippen LogP contribution in [0, 0.1) is 17.8 Å². The number of amides is 2. The molecule has 2 fully saturated rings. The molecule has 7 nitrogen and oxygen atoms in total. The second kappa shape index (κ2) is 15.3. The Hall–Kier alpha value is -2.70. The fourth-order valence-corrected chi connectivity index (χ4v) is 4.87. The quantitative estimate of drug-likeness (QED) is 0.309. The fraction of sp³-hybridized carbons (Fsp3) is 0.643. The van der Waals surface area contributed by atoms with Gasteiger partial charge in [-0.15, -0.1) is 0 Å². The zero-order chi connectivity index (χ0) is 25.6. The van der Waals surface area contributed by atoms with Crippen molar-refractivity contribution in [3.63, 3.8) is 0 Å². The molecule has 2 amide bonds. The number of carboxylic acid groups (broad SMARTS) is 1. The number of esters is 1. The maximum absolute atomic E-state index is 11.6. The number of allylic oxidation sites excluding steroid dienone is 3. The number of rotatable bonds is 1. The number of carbonyl (C=O) groups is 4. The van der Waals surface area contributed by atoms with Crippen molar-refractivity contribution in [1.29, 1.82) is 0 Å². The maximum atomic E-state index is 11.6. The Bertz CT molecular complexity index is 790. The molecule has 7 heteroatoms. The number of carboxylic acids is 1. The van der Waals surface area contributed by atoms with Gasteiger partial charge in [-0.3, -0.25) is 19.3 Å². The molecule has 2 aliphatic heterocycles. The van der Waals surface area contributed by atoms with Crippen molar-refractivity contribution >= 4 is 23.8 Å². The zero-order valence-corrected chi connectivity index (χ0v) is 21.2. The third kappa shape index (κ3) is 10.6. The molecule has 1 N–H and O–H groups in total. The van der Waals surface area contributed by atoms with Gasteiger partial charge in [0.1, 0.15) is 0 Å². The van der Waals surface area contributed by atoms with Crippen LogP contribution < -0.4 is 0 Å². The van der Waals surface area contributed by atoms with Crippen LogP contribution in [-0.4, -0.2) is 46.9 Å². The topological polar surface area (TPSA) is 101 Å². The third-order valence-electron chi connectivity index (χ3n) is 7.08. The molecule has 194 valence electrons. The van der Waals surface area contributed by atoms with Crippen molar-refractivity contribution in [1.82, 2.24) is 4.90 Å². The maximum Gasteiger partial charge on any atom is 0.330 e. The van der Waals surface area contributed by atoms with E-state index in [4.69, 9.17) is 9.84 Å². The molecule has 2 saturated carbocycles. The predicted octanol–water partition coefficient (Wildman–Crippen LogP) is 5.21. The normalized spacial score (nSPS) is 29.1. The predicted molar refractivity (Wildman–Crippen MR) is 134 cm³/mol. The van der Waals surface area contributed by atoms with Gasteiger partial charge in [-0.25, -0.2) is 4.79 Å². The van der Waals surface area contributed by atoms with Crippen LogP contribution in [0.15, 0.2) is 36.5 Å². The van der Waals surface area contributed by atoms with Crippen LogP contribution in [0.2, 0.25) is 0 Å². The van der Waals surface area contributed by atoms with Crippen LogP contribution in [0.4, 0.5) is 0 Å². The van der Waals surface area contributed by atoms with Crippen molar-refractivity contribution in [2.24, 2.45) is 17.8 Å². The van der Waals surface area contributed by atoms with Gasteiger partial charge in [-0.05, 0) is 70.1 Å². The molecule has 0 saturated heterocycles. The van der Waals surface area contributed by atoms with E-state index in [0.29, 0.717) is 0 Å². The Morgan fingerprint density at radius 3 is 2.14 bits per heavy atom. The second-order valence-corrected chi connectivity index (χ2v) is 9.84. The fourth-order valence-electron chi connectivity index (χ4n) is 4.87. The van der Waals surface area contributed by atoms with Gasteiger partial charge in [0, 0.05) is 25.3 Å². The van der Waals surface area contributed by atoms with Crippen LogP contribution in [0.1, 0.15) is 84.0 Å². The van der Waals surface area contributed by atoms with Crippen molar-refractivity contribution in [3.8, 4) is 0 Å². The van der Waals surface area contributed by atoms with Crippen molar-refractivity contribution < 1.29 is 29.0 Å². The molecule has 0 aromatic rings. The summed E-state index contributed by atoms with van der Waals surface area (Å²) in [7, 11) is 1.45. The highest BCUT2D eigenvalue weighted by molar-refractivity contribution is 6.12. The summed E-state index contributed by atoms with van der Waals surface area (Å²) in [6.07, 6.45) is 24.3. The summed E-state index contributed by atoms with van der Waals surface area (Å²) in [5.74, 6) is 0.162. The first-order valence-corrected chi connectivity index (χ1v) is 13.0. The molecule has 0 bridgehead atoms. The van der Waals surface area contributed by atoms with E-state index in [-0.39, 0.29) is 29.8 Å². The Morgan fingerprint density at radius 2 is 1.57 bits per heavy atom. The highest BCUT2D eigenvalue weighted by Crippen LogP contribution is 2.35. The van der Waals surface area contributed by atoms with E-state index < -0.39 is 5.97 Å². The molecule has 2 aliphatic carbocycles. The van der Waals surface area contributed by atoms with Crippen LogP contribution in [-0.2, 0) is 23.9 Å². The number of cyclic esters (lactones) is 1. The Morgan fingerprint density at radius 1 is 0.886 bits per heavy atom. The van der Waals surface area contributed by atoms with Gasteiger partial charge in [0.2, 0.25) is 0 Å². The first kappa shape index (κ1) is 28.5. The number of hydrogen-bond donors (Lipinski definition) is 1. The lowest BCUT2D eigenvalue weighted by Gasteiger charge is -2.16. The summed E-state index contributed by atoms with van der Waals surface area (Å²) in [6, 6.07) is 0. The molecule has 0 spiro atoms. The Balaban J connectivity index is 0.000000211. The number of hydrogen-bond acceptors (Lipinski definition) is 5. The lowest BCUT2D eigenvalue weighted by atomic mass is 9.90. The van der Waals surface area contributed by atoms with E-state index in [1.54, 1.807) is 6.08 Å². The zero-order valence-electron chi connectivity index (χ0n) is 21.2. The average molecular weight is 488 g/mol. The summed E-state index contributed by atoms with van der Waals surface area (Å²) >= 11 is 0. The van der Waals surface area contributed by atoms with E-state index in [0.717, 1.165) is 68.1 Å². The minimum Gasteiger partial charge on any atom is -0.481 e. The SMILES string of the molecule is CC1CCC/C=C/C2CCCC2C/C=C/C(=O)O1.CN1C(=O)C=CC1=O.O=C(O)C1CCCCC1. The van der Waals surface area contributed by atoms with Gasteiger partial charge < -0.3 is 9.84 Å². The molecule has 35 heavy (non-hydrogen) atoms. The Kier molecular flexibility index (Phi) is 12.5. The smallest absolute Gasteiger partial charge is 0.330 e. The minimum atomic E-state index is -0.602. The van der Waals surface area contributed by atoms with Gasteiger partial charge in [0.15, 0.2) is 0 Å². The van der Waals surface area contributed by atoms with Gasteiger partial charge in [0.05, 0.1) is 12.0 Å². The van der Waals surface area contributed by atoms with E-state index in [1.165, 1.54) is 44.9 Å². The molecule has 0 radical (unpaired) electrons. The van der Waals surface area contributed by atoms with E-state index in [2.05, 4.69) is 12.2 Å². The summed E-state index contributed by atoms with van der Waals surface area (Å²) in [5, 5.41) is 8.54. The van der Waals surface area contributed by atoms with E-state index in [9.17, 15) is 19.2 Å². The van der Waals surface area contributed by atoms with Crippen LogP contribution in [0.3, 0.4) is 0 Å². The number of ether oxygens (including phenoxy) is 1. The first-order chi connectivity index (χ1) is 16.8. The molecule has 3 atom stereocenters. The monoisotopic (exact) mass is 487 g/mol. The average Bonchev–Trinajstić information content (AvgIpc) is 3.41. The van der Waals surface area contributed by atoms with Gasteiger partial charge in [-0.2, -0.15) is 0 Å². The van der Waals surface area contributed by atoms with E-state index in [1.807, 2.05) is 13.0 Å². The molecule has 0 aromatic carbocycles. The highest BCUT2D eigenvalue weighted by atomic mass is 16.5. The summed E-state index contributed by atoms with van der Waals surface area (Å²) in [5.41, 5.74) is 0. The number of nitrogens with zero attached hydrogens (tertiary/aromatic N) is 1. The number of imide groups is 1. The number of carbonyl (C=O) groups excluding carboxylic acids is 3. The molecule has 2 heterocycles. The lowest BCUT2D eigenvalue weighted by molar-refractivity contribution is -0.143. The highest BCUT2D eigenvalue weighted by Gasteiger charge is 2.24. The van der Waals surface area contributed by atoms with Gasteiger partial charge in [-0.1, -0.05) is 43.9 Å². The van der Waals surface area contributed by atoms with Gasteiger partial charge >= 0.3 is 11.9 Å². The van der Waals surface area contributed by atoms with E-state index >= 15 is 0 Å². The first-order valence-electron chi connectivity index (χ1n) is 13.0. The molecule has 0 aromatic heterocycles. The van der Waals surface area contributed by atoms with Crippen molar-refractivity contribution in [2.75, 3.05) is 7.05 Å². The molecule has 3 unspecified atom stereocenters. The van der Waals surface area contributed by atoms with Crippen LogP contribution in [0.5, 0.6) is 0 Å².